The maximum Gasteiger partial charge on any atom is 0.417 e. The van der Waals surface area contributed by atoms with Gasteiger partial charge >= 0.3 is 6.18 Å². The Morgan fingerprint density at radius 2 is 1.83 bits per heavy atom. The molecular formula is C20H22F3N3O3. The number of anilines is 1. The molecule has 1 aromatic heterocycles. The van der Waals surface area contributed by atoms with E-state index in [0.29, 0.717) is 55.5 Å². The van der Waals surface area contributed by atoms with Crippen LogP contribution < -0.4 is 14.4 Å². The average molecular weight is 409 g/mol. The summed E-state index contributed by atoms with van der Waals surface area (Å²) in [7, 11) is 3.02. The van der Waals surface area contributed by atoms with Gasteiger partial charge in [-0.25, -0.2) is 4.98 Å². The van der Waals surface area contributed by atoms with Gasteiger partial charge in [0, 0.05) is 32.4 Å². The quantitative estimate of drug-likeness (QED) is 0.774. The Morgan fingerprint density at radius 3 is 2.45 bits per heavy atom. The van der Waals surface area contributed by atoms with Crippen LogP contribution >= 0.6 is 0 Å². The lowest BCUT2D eigenvalue weighted by atomic mass is 10.1. The number of hydrogen-bond donors (Lipinski definition) is 0. The van der Waals surface area contributed by atoms with Crippen molar-refractivity contribution in [2.45, 2.75) is 12.6 Å². The van der Waals surface area contributed by atoms with Crippen molar-refractivity contribution in [1.29, 1.82) is 0 Å². The van der Waals surface area contributed by atoms with Gasteiger partial charge in [-0.3, -0.25) is 4.79 Å². The van der Waals surface area contributed by atoms with Gasteiger partial charge in [0.05, 0.1) is 25.3 Å². The number of carbonyl (C=O) groups excluding carboxylic acids is 1. The Hall–Kier alpha value is -2.97. The van der Waals surface area contributed by atoms with Crippen molar-refractivity contribution in [3.63, 3.8) is 0 Å². The van der Waals surface area contributed by atoms with Gasteiger partial charge in [0.2, 0.25) is 0 Å². The summed E-state index contributed by atoms with van der Waals surface area (Å²) in [5.41, 5.74) is -0.369. The molecule has 1 amide bonds. The third-order valence-corrected chi connectivity index (χ3v) is 4.82. The zero-order valence-electron chi connectivity index (χ0n) is 16.2. The van der Waals surface area contributed by atoms with Gasteiger partial charge < -0.3 is 19.3 Å². The number of aromatic nitrogens is 1. The van der Waals surface area contributed by atoms with E-state index in [-0.39, 0.29) is 5.91 Å². The predicted octanol–water partition coefficient (Wildman–Crippen LogP) is 3.47. The number of rotatable bonds is 4. The van der Waals surface area contributed by atoms with E-state index in [1.807, 2.05) is 4.90 Å². The summed E-state index contributed by atoms with van der Waals surface area (Å²) >= 11 is 0. The summed E-state index contributed by atoms with van der Waals surface area (Å²) in [4.78, 5) is 20.6. The Kier molecular flexibility index (Phi) is 6.14. The first-order valence-corrected chi connectivity index (χ1v) is 9.13. The summed E-state index contributed by atoms with van der Waals surface area (Å²) in [5, 5.41) is 0. The van der Waals surface area contributed by atoms with Crippen molar-refractivity contribution in [2.24, 2.45) is 0 Å². The molecule has 3 rings (SSSR count). The van der Waals surface area contributed by atoms with Gasteiger partial charge in [0.25, 0.3) is 5.91 Å². The molecule has 0 unspecified atom stereocenters. The molecule has 0 aliphatic carbocycles. The van der Waals surface area contributed by atoms with Crippen molar-refractivity contribution in [2.75, 3.05) is 45.3 Å². The zero-order chi connectivity index (χ0) is 21.0. The number of methoxy groups -OCH3 is 2. The average Bonchev–Trinajstić information content (AvgIpc) is 2.98. The van der Waals surface area contributed by atoms with E-state index in [0.717, 1.165) is 12.3 Å². The highest BCUT2D eigenvalue weighted by Crippen LogP contribution is 2.30. The normalized spacial score (nSPS) is 15.1. The molecule has 0 N–H and O–H groups in total. The molecule has 6 nitrogen and oxygen atoms in total. The van der Waals surface area contributed by atoms with Crippen LogP contribution in [0.4, 0.5) is 19.0 Å². The predicted molar refractivity (Wildman–Crippen MR) is 102 cm³/mol. The number of halogens is 3. The van der Waals surface area contributed by atoms with Crippen LogP contribution in [0.25, 0.3) is 0 Å². The molecule has 1 aliphatic rings. The highest BCUT2D eigenvalue weighted by molar-refractivity contribution is 5.97. The van der Waals surface area contributed by atoms with Crippen molar-refractivity contribution in [3.05, 3.63) is 47.7 Å². The second-order valence-electron chi connectivity index (χ2n) is 6.60. The molecule has 2 aromatic rings. The maximum atomic E-state index is 13.0. The highest BCUT2D eigenvalue weighted by atomic mass is 19.4. The molecule has 1 aromatic carbocycles. The SMILES string of the molecule is COc1ccc(OC)c(C(=O)N2CCCN(c3ccc(C(F)(F)F)cn3)CC2)c1. The van der Waals surface area contributed by atoms with E-state index in [1.165, 1.54) is 20.3 Å². The van der Waals surface area contributed by atoms with E-state index in [9.17, 15) is 18.0 Å². The lowest BCUT2D eigenvalue weighted by molar-refractivity contribution is -0.137. The van der Waals surface area contributed by atoms with Crippen LogP contribution in [-0.4, -0.2) is 56.2 Å². The number of carbonyl (C=O) groups is 1. The summed E-state index contributed by atoms with van der Waals surface area (Å²) < 4.78 is 48.7. The number of ether oxygens (including phenoxy) is 2. The number of nitrogens with zero attached hydrogens (tertiary/aromatic N) is 3. The molecule has 9 heteroatoms. The van der Waals surface area contributed by atoms with Crippen LogP contribution in [0.1, 0.15) is 22.3 Å². The lowest BCUT2D eigenvalue weighted by Crippen LogP contribution is -2.35. The molecule has 1 saturated heterocycles. The molecule has 0 spiro atoms. The van der Waals surface area contributed by atoms with Crippen molar-refractivity contribution in [1.82, 2.24) is 9.88 Å². The summed E-state index contributed by atoms with van der Waals surface area (Å²) in [6, 6.07) is 7.43. The number of alkyl halides is 3. The second kappa shape index (κ2) is 8.59. The monoisotopic (exact) mass is 409 g/mol. The fourth-order valence-electron chi connectivity index (χ4n) is 3.24. The van der Waals surface area contributed by atoms with Gasteiger partial charge in [-0.2, -0.15) is 13.2 Å². The van der Waals surface area contributed by atoms with Gasteiger partial charge in [-0.1, -0.05) is 0 Å². The van der Waals surface area contributed by atoms with Crippen LogP contribution in [0.15, 0.2) is 36.5 Å². The summed E-state index contributed by atoms with van der Waals surface area (Å²) in [6.45, 7) is 2.01. The minimum absolute atomic E-state index is 0.178. The van der Waals surface area contributed by atoms with Gasteiger partial charge in [-0.05, 0) is 36.8 Å². The van der Waals surface area contributed by atoms with Gasteiger partial charge in [0.15, 0.2) is 0 Å². The van der Waals surface area contributed by atoms with E-state index < -0.39 is 11.7 Å². The second-order valence-corrected chi connectivity index (χ2v) is 6.60. The number of amides is 1. The third-order valence-electron chi connectivity index (χ3n) is 4.82. The maximum absolute atomic E-state index is 13.0. The molecule has 1 aliphatic heterocycles. The largest absolute Gasteiger partial charge is 0.497 e. The van der Waals surface area contributed by atoms with Gasteiger partial charge in [-0.15, -0.1) is 0 Å². The Bertz CT molecular complexity index is 856. The fraction of sp³-hybridized carbons (Fsp3) is 0.400. The molecule has 0 bridgehead atoms. The lowest BCUT2D eigenvalue weighted by Gasteiger charge is -2.23. The van der Waals surface area contributed by atoms with E-state index in [4.69, 9.17) is 9.47 Å². The van der Waals surface area contributed by atoms with Crippen molar-refractivity contribution >= 4 is 11.7 Å². The first-order valence-electron chi connectivity index (χ1n) is 9.13. The standard InChI is InChI=1S/C20H22F3N3O3/c1-28-15-5-6-17(29-2)16(12-15)19(27)26-9-3-8-25(10-11-26)18-7-4-14(13-24-18)20(21,22)23/h4-7,12-13H,3,8-11H2,1-2H3. The topological polar surface area (TPSA) is 54.9 Å². The third kappa shape index (κ3) is 4.72. The summed E-state index contributed by atoms with van der Waals surface area (Å²) in [6.07, 6.45) is -2.91. The van der Waals surface area contributed by atoms with Crippen LogP contribution in [-0.2, 0) is 6.18 Å². The van der Waals surface area contributed by atoms with Crippen molar-refractivity contribution in [3.8, 4) is 11.5 Å². The van der Waals surface area contributed by atoms with Crippen LogP contribution in [0.5, 0.6) is 11.5 Å². The number of benzene rings is 1. The fourth-order valence-corrected chi connectivity index (χ4v) is 3.24. The van der Waals surface area contributed by atoms with Crippen LogP contribution in [0.3, 0.4) is 0 Å². The van der Waals surface area contributed by atoms with Gasteiger partial charge in [0.1, 0.15) is 17.3 Å². The Labute approximate surface area is 166 Å². The van der Waals surface area contributed by atoms with Crippen LogP contribution in [0, 0.1) is 0 Å². The molecule has 0 radical (unpaired) electrons. The molecule has 2 heterocycles. The first-order chi connectivity index (χ1) is 13.8. The summed E-state index contributed by atoms with van der Waals surface area (Å²) in [5.74, 6) is 1.30. The minimum Gasteiger partial charge on any atom is -0.497 e. The first kappa shape index (κ1) is 20.8. The number of pyridine rings is 1. The molecule has 0 saturated carbocycles. The minimum atomic E-state index is -4.41. The van der Waals surface area contributed by atoms with E-state index in [1.54, 1.807) is 23.1 Å². The van der Waals surface area contributed by atoms with E-state index >= 15 is 0 Å². The van der Waals surface area contributed by atoms with E-state index in [2.05, 4.69) is 4.98 Å². The van der Waals surface area contributed by atoms with Crippen LogP contribution in [0.2, 0.25) is 0 Å². The van der Waals surface area contributed by atoms with Crippen molar-refractivity contribution < 1.29 is 27.4 Å². The molecule has 1 fully saturated rings. The number of hydrogen-bond acceptors (Lipinski definition) is 5. The molecular weight excluding hydrogens is 387 g/mol. The molecule has 29 heavy (non-hydrogen) atoms. The molecule has 156 valence electrons. The smallest absolute Gasteiger partial charge is 0.417 e. The zero-order valence-corrected chi connectivity index (χ0v) is 16.2. The Morgan fingerprint density at radius 1 is 1.03 bits per heavy atom. The molecule has 0 atom stereocenters. The highest BCUT2D eigenvalue weighted by Gasteiger charge is 2.31. The Balaban J connectivity index is 1.72.